The third kappa shape index (κ3) is 2.86. The smallest absolute Gasteiger partial charge is 0.274 e. The topological polar surface area (TPSA) is 108 Å². The number of non-ortho nitro benzene ring substituents is 2. The van der Waals surface area contributed by atoms with Gasteiger partial charge in [0.15, 0.2) is 11.5 Å². The Balaban J connectivity index is 1.77. The molecule has 1 spiro atoms. The highest BCUT2D eigenvalue weighted by Gasteiger charge is 2.60. The summed E-state index contributed by atoms with van der Waals surface area (Å²) in [6, 6.07) is 17.2. The van der Waals surface area contributed by atoms with Crippen LogP contribution in [0.1, 0.15) is 25.0 Å². The Labute approximate surface area is 195 Å². The number of methoxy groups -OCH3 is 1. The minimum atomic E-state index is -1.12. The molecule has 2 aliphatic heterocycles. The average molecular weight is 459 g/mol. The van der Waals surface area contributed by atoms with Crippen molar-refractivity contribution >= 4 is 28.8 Å². The standard InChI is InChI=1S/C25H21N3O6/c1-24(2)20-14-18(27(29)30)9-10-21(20)26(17-7-5-4-6-8-17)25(24)12-11-16-13-19(28(31)32)15-22(33-3)23(16)34-25/h4-15H,1-3H3/t25-/m1/s1. The molecule has 0 bridgehead atoms. The van der Waals surface area contributed by atoms with Gasteiger partial charge in [0.05, 0.1) is 28.4 Å². The number of hydrogen-bond acceptors (Lipinski definition) is 7. The largest absolute Gasteiger partial charge is 0.493 e. The maximum Gasteiger partial charge on any atom is 0.274 e. The van der Waals surface area contributed by atoms with Gasteiger partial charge in [0.2, 0.25) is 5.72 Å². The van der Waals surface area contributed by atoms with E-state index in [4.69, 9.17) is 9.47 Å². The lowest BCUT2D eigenvalue weighted by Crippen LogP contribution is -2.57. The zero-order valence-corrected chi connectivity index (χ0v) is 18.7. The molecule has 3 aromatic carbocycles. The number of nitro groups is 2. The molecule has 3 aromatic rings. The molecule has 0 aliphatic carbocycles. The molecule has 1 atom stereocenters. The van der Waals surface area contributed by atoms with Crippen LogP contribution in [0.2, 0.25) is 0 Å². The lowest BCUT2D eigenvalue weighted by molar-refractivity contribution is -0.385. The van der Waals surface area contributed by atoms with Crippen molar-refractivity contribution in [1.82, 2.24) is 0 Å². The van der Waals surface area contributed by atoms with E-state index >= 15 is 0 Å². The van der Waals surface area contributed by atoms with Gasteiger partial charge < -0.3 is 9.47 Å². The summed E-state index contributed by atoms with van der Waals surface area (Å²) in [5, 5.41) is 22.9. The van der Waals surface area contributed by atoms with E-state index in [9.17, 15) is 20.2 Å². The summed E-state index contributed by atoms with van der Waals surface area (Å²) in [4.78, 5) is 24.1. The number of hydrogen-bond donors (Lipinski definition) is 0. The predicted octanol–water partition coefficient (Wildman–Crippen LogP) is 5.74. The van der Waals surface area contributed by atoms with E-state index in [0.29, 0.717) is 11.3 Å². The van der Waals surface area contributed by atoms with Crippen LogP contribution >= 0.6 is 0 Å². The number of nitrogens with zero attached hydrogens (tertiary/aromatic N) is 3. The zero-order valence-electron chi connectivity index (χ0n) is 18.7. The molecule has 0 aromatic heterocycles. The molecule has 0 fully saturated rings. The molecule has 0 unspecified atom stereocenters. The van der Waals surface area contributed by atoms with Crippen LogP contribution in [0, 0.1) is 20.2 Å². The third-order valence-electron chi connectivity index (χ3n) is 6.59. The fourth-order valence-corrected chi connectivity index (χ4v) is 4.84. The third-order valence-corrected chi connectivity index (χ3v) is 6.59. The molecule has 34 heavy (non-hydrogen) atoms. The number of benzene rings is 3. The first-order chi connectivity index (χ1) is 16.2. The van der Waals surface area contributed by atoms with Gasteiger partial charge in [-0.05, 0) is 49.8 Å². The van der Waals surface area contributed by atoms with Crippen LogP contribution in [-0.4, -0.2) is 22.7 Å². The molecule has 172 valence electrons. The fourth-order valence-electron chi connectivity index (χ4n) is 4.84. The van der Waals surface area contributed by atoms with Gasteiger partial charge in [0.25, 0.3) is 11.4 Å². The maximum atomic E-state index is 11.5. The van der Waals surface area contributed by atoms with E-state index in [-0.39, 0.29) is 17.1 Å². The van der Waals surface area contributed by atoms with Gasteiger partial charge in [-0.3, -0.25) is 25.1 Å². The normalized spacial score (nSPS) is 19.3. The summed E-state index contributed by atoms with van der Waals surface area (Å²) in [6.07, 6.45) is 3.64. The highest BCUT2D eigenvalue weighted by Crippen LogP contribution is 2.59. The van der Waals surface area contributed by atoms with Crippen molar-refractivity contribution in [3.05, 3.63) is 98.1 Å². The molecule has 9 heteroatoms. The average Bonchev–Trinajstić information content (AvgIpc) is 3.01. The molecule has 5 rings (SSSR count). The van der Waals surface area contributed by atoms with Gasteiger partial charge in [0, 0.05) is 35.1 Å². The molecule has 9 nitrogen and oxygen atoms in total. The van der Waals surface area contributed by atoms with Crippen molar-refractivity contribution in [2.24, 2.45) is 0 Å². The fraction of sp³-hybridized carbons (Fsp3) is 0.200. The van der Waals surface area contributed by atoms with Gasteiger partial charge >= 0.3 is 0 Å². The highest BCUT2D eigenvalue weighted by atomic mass is 16.6. The van der Waals surface area contributed by atoms with Crippen LogP contribution in [0.15, 0.2) is 66.7 Å². The van der Waals surface area contributed by atoms with E-state index in [1.54, 1.807) is 18.2 Å². The van der Waals surface area contributed by atoms with Crippen LogP contribution < -0.4 is 14.4 Å². The number of anilines is 2. The molecular weight excluding hydrogens is 438 g/mol. The van der Waals surface area contributed by atoms with Crippen molar-refractivity contribution in [1.29, 1.82) is 0 Å². The van der Waals surface area contributed by atoms with Crippen molar-refractivity contribution in [2.45, 2.75) is 25.0 Å². The van der Waals surface area contributed by atoms with Gasteiger partial charge in [-0.2, -0.15) is 0 Å². The Morgan fingerprint density at radius 1 is 0.941 bits per heavy atom. The molecule has 0 saturated heterocycles. The van der Waals surface area contributed by atoms with E-state index < -0.39 is 21.0 Å². The molecule has 2 heterocycles. The molecule has 0 saturated carbocycles. The first-order valence-electron chi connectivity index (χ1n) is 10.6. The summed E-state index contributed by atoms with van der Waals surface area (Å²) in [7, 11) is 1.43. The first-order valence-corrected chi connectivity index (χ1v) is 10.6. The molecule has 2 aliphatic rings. The second-order valence-corrected chi connectivity index (χ2v) is 8.71. The predicted molar refractivity (Wildman–Crippen MR) is 127 cm³/mol. The van der Waals surface area contributed by atoms with Crippen molar-refractivity contribution in [3.63, 3.8) is 0 Å². The van der Waals surface area contributed by atoms with Crippen molar-refractivity contribution < 1.29 is 19.3 Å². The second kappa shape index (κ2) is 7.31. The minimum Gasteiger partial charge on any atom is -0.493 e. The summed E-state index contributed by atoms with van der Waals surface area (Å²) in [5.41, 5.74) is 0.873. The first kappa shape index (κ1) is 21.4. The minimum absolute atomic E-state index is 0.00900. The quantitative estimate of drug-likeness (QED) is 0.361. The number of ether oxygens (including phenoxy) is 2. The Bertz CT molecular complexity index is 1370. The Morgan fingerprint density at radius 3 is 2.29 bits per heavy atom. The second-order valence-electron chi connectivity index (χ2n) is 8.71. The Kier molecular flexibility index (Phi) is 4.61. The van der Waals surface area contributed by atoms with Crippen LogP contribution in [0.3, 0.4) is 0 Å². The van der Waals surface area contributed by atoms with E-state index in [1.807, 2.05) is 55.2 Å². The molecule has 0 amide bonds. The van der Waals surface area contributed by atoms with Gasteiger partial charge in [-0.25, -0.2) is 0 Å². The zero-order chi connectivity index (χ0) is 24.3. The van der Waals surface area contributed by atoms with Crippen molar-refractivity contribution in [2.75, 3.05) is 12.0 Å². The number of fused-ring (bicyclic) bond motifs is 2. The van der Waals surface area contributed by atoms with E-state index in [1.165, 1.54) is 25.3 Å². The van der Waals surface area contributed by atoms with Gasteiger partial charge in [-0.1, -0.05) is 18.2 Å². The summed E-state index contributed by atoms with van der Waals surface area (Å²) in [6.45, 7) is 3.93. The monoisotopic (exact) mass is 459 g/mol. The van der Waals surface area contributed by atoms with E-state index in [0.717, 1.165) is 16.9 Å². The molecular formula is C25H21N3O6. The van der Waals surface area contributed by atoms with Crippen LogP contribution in [0.4, 0.5) is 22.7 Å². The molecule has 0 radical (unpaired) electrons. The van der Waals surface area contributed by atoms with Crippen LogP contribution in [0.5, 0.6) is 11.5 Å². The van der Waals surface area contributed by atoms with Gasteiger partial charge in [0.1, 0.15) is 0 Å². The Morgan fingerprint density at radius 2 is 1.65 bits per heavy atom. The summed E-state index contributed by atoms with van der Waals surface area (Å²) < 4.78 is 12.2. The number of nitro benzene ring substituents is 2. The molecule has 0 N–H and O–H groups in total. The summed E-state index contributed by atoms with van der Waals surface area (Å²) >= 11 is 0. The van der Waals surface area contributed by atoms with Crippen LogP contribution in [0.25, 0.3) is 6.08 Å². The SMILES string of the molecule is COc1cc([N+](=O)[O-])cc2c1O[C@@]1(C=C2)N(c2ccccc2)c2ccc([N+](=O)[O-])cc2C1(C)C. The van der Waals surface area contributed by atoms with Crippen molar-refractivity contribution in [3.8, 4) is 11.5 Å². The summed E-state index contributed by atoms with van der Waals surface area (Å²) in [5.74, 6) is 0.602. The number of para-hydroxylation sites is 1. The lowest BCUT2D eigenvalue weighted by atomic mass is 9.76. The van der Waals surface area contributed by atoms with E-state index in [2.05, 4.69) is 0 Å². The van der Waals surface area contributed by atoms with Crippen LogP contribution in [-0.2, 0) is 5.41 Å². The Hall–Kier alpha value is -4.40. The van der Waals surface area contributed by atoms with Gasteiger partial charge in [-0.15, -0.1) is 0 Å². The lowest BCUT2D eigenvalue weighted by Gasteiger charge is -2.47. The maximum absolute atomic E-state index is 11.5. The highest BCUT2D eigenvalue weighted by molar-refractivity contribution is 5.81. The number of rotatable bonds is 4.